The van der Waals surface area contributed by atoms with Crippen LogP contribution < -0.4 is 8.06 Å². The molecule has 0 heterocycles. The molecule has 0 unspecified atom stereocenters. The van der Waals surface area contributed by atoms with Gasteiger partial charge in [0.15, 0.2) is 0 Å². The Hall–Kier alpha value is 1.69. The van der Waals surface area contributed by atoms with E-state index in [0.717, 1.165) is 0 Å². The van der Waals surface area contributed by atoms with E-state index in [1.807, 2.05) is 0 Å². The zero-order chi connectivity index (χ0) is 11.7. The van der Waals surface area contributed by atoms with E-state index in [0.29, 0.717) is 0 Å². The van der Waals surface area contributed by atoms with Gasteiger partial charge < -0.3 is 9.11 Å². The Morgan fingerprint density at radius 2 is 0.733 bits per heavy atom. The normalized spacial score (nSPS) is 7.20. The maximum atomic E-state index is 8.56. The van der Waals surface area contributed by atoms with Crippen LogP contribution in [-0.2, 0) is 55.9 Å². The van der Waals surface area contributed by atoms with Crippen LogP contribution in [0.3, 0.4) is 0 Å². The van der Waals surface area contributed by atoms with Crippen molar-refractivity contribution >= 4 is 56.5 Å². The van der Waals surface area contributed by atoms with Crippen LogP contribution in [0.25, 0.3) is 0 Å². The molecule has 0 bridgehead atoms. The van der Waals surface area contributed by atoms with E-state index in [1.165, 1.54) is 0 Å². The Balaban J connectivity index is -0.0000000315. The molecule has 0 aromatic rings. The quantitative estimate of drug-likeness (QED) is 0.233. The van der Waals surface area contributed by atoms with Crippen LogP contribution in [0.4, 0.5) is 0 Å². The average molecular weight is 343 g/mol. The van der Waals surface area contributed by atoms with E-state index in [1.54, 1.807) is 0 Å². The molecule has 0 saturated carbocycles. The van der Waals surface area contributed by atoms with Gasteiger partial charge in [-0.1, -0.05) is 0 Å². The van der Waals surface area contributed by atoms with Gasteiger partial charge in [0.05, 0.1) is 0 Å². The van der Waals surface area contributed by atoms with Crippen LogP contribution >= 0.6 is 0 Å². The van der Waals surface area contributed by atoms with Crippen LogP contribution in [0.1, 0.15) is 0 Å². The van der Waals surface area contributed by atoms with E-state index in [4.69, 9.17) is 40.3 Å². The fraction of sp³-hybridized carbons (Fsp3) is 0. The monoisotopic (exact) mass is 342 g/mol. The van der Waals surface area contributed by atoms with Crippen molar-refractivity contribution in [3.05, 3.63) is 0 Å². The zero-order valence-corrected chi connectivity index (χ0v) is 13.2. The molecular weight excluding hydrogens is 343 g/mol. The third-order valence-electron chi connectivity index (χ3n) is 0. The second-order valence-corrected chi connectivity index (χ2v) is 3.07. The van der Waals surface area contributed by atoms with Gasteiger partial charge in [0.2, 0.25) is 0 Å². The van der Waals surface area contributed by atoms with Crippen LogP contribution in [0.5, 0.6) is 0 Å². The van der Waals surface area contributed by atoms with Gasteiger partial charge in [-0.3, -0.25) is 8.42 Å². The van der Waals surface area contributed by atoms with Crippen LogP contribution in [0.2, 0.25) is 0 Å². The summed E-state index contributed by atoms with van der Waals surface area (Å²) in [6.45, 7) is 0. The Bertz CT molecular complexity index is 290. The topological polar surface area (TPSA) is 195 Å². The van der Waals surface area contributed by atoms with Crippen molar-refractivity contribution in [2.75, 3.05) is 0 Å². The molecule has 0 aliphatic rings. The molecule has 15 heteroatoms. The Kier molecular flexibility index (Phi) is 36.2. The van der Waals surface area contributed by atoms with Crippen molar-refractivity contribution in [1.82, 2.24) is 0 Å². The van der Waals surface area contributed by atoms with Crippen molar-refractivity contribution in [3.8, 4) is 0 Å². The van der Waals surface area contributed by atoms with Gasteiger partial charge >= 0.3 is 99.7 Å². The molecule has 0 N–H and O–H groups in total. The first kappa shape index (κ1) is 30.1. The van der Waals surface area contributed by atoms with Crippen molar-refractivity contribution in [2.24, 2.45) is 0 Å². The molecule has 0 aromatic heterocycles. The molecule has 0 aliphatic carbocycles. The van der Waals surface area contributed by atoms with Gasteiger partial charge in [0, 0.05) is 10.4 Å². The molecule has 0 saturated heterocycles. The van der Waals surface area contributed by atoms with Crippen molar-refractivity contribution in [3.63, 3.8) is 0 Å². The summed E-state index contributed by atoms with van der Waals surface area (Å²) < 4.78 is 85.5. The molecule has 0 atom stereocenters. The average Bonchev–Trinajstić information content (AvgIpc) is 1.50. The summed E-state index contributed by atoms with van der Waals surface area (Å²) >= 11 is -7.88. The first-order valence-electron chi connectivity index (χ1n) is 1.76. The summed E-state index contributed by atoms with van der Waals surface area (Å²) in [7, 11) is -5.17. The van der Waals surface area contributed by atoms with Gasteiger partial charge in [-0.2, -0.15) is 0 Å². The van der Waals surface area contributed by atoms with Crippen LogP contribution in [0, 0.1) is 0 Å². The van der Waals surface area contributed by atoms with Gasteiger partial charge in [-0.15, -0.1) is 0 Å². The minimum absolute atomic E-state index is 0. The number of rotatable bonds is 0. The molecule has 0 radical (unpaired) electrons. The van der Waals surface area contributed by atoms with Crippen molar-refractivity contribution in [1.29, 1.82) is 0 Å². The maximum absolute atomic E-state index is 8.56. The molecule has 0 rings (SSSR count). The molecule has 80 valence electrons. The van der Waals surface area contributed by atoms with E-state index in [2.05, 4.69) is 0 Å². The van der Waals surface area contributed by atoms with Crippen molar-refractivity contribution in [2.45, 2.75) is 0 Å². The number of hydrogen-bond donors (Lipinski definition) is 0. The second kappa shape index (κ2) is 18.1. The fourth-order valence-electron chi connectivity index (χ4n) is 0. The fourth-order valence-corrected chi connectivity index (χ4v) is 0. The van der Waals surface area contributed by atoms with E-state index in [9.17, 15) is 0 Å². The SMILES string of the molecule is O=S(=O)([O-])[O-].[Mg+2].[Mg+2].[O]=[V](=[O])[O-].[O]=[V](=[O])[O-]. The first-order chi connectivity index (χ1) is 5.46. The third kappa shape index (κ3) is 1030. The standard InChI is InChI=1S/2Mg.H2O4S.6O.2V/c;;1-5(2,3)4;;;;;;;;/h;;(H2,1,2,3,4);;;;;;;;/q2*+2;;;;;;2*-1;;/p-2. The molecule has 0 fully saturated rings. The minimum atomic E-state index is -5.17. The predicted octanol–water partition coefficient (Wildman–Crippen LogP) is -4.96. The van der Waals surface area contributed by atoms with Crippen LogP contribution in [-0.4, -0.2) is 63.6 Å². The van der Waals surface area contributed by atoms with Gasteiger partial charge in [0.25, 0.3) is 0 Å². The molecule has 0 aromatic carbocycles. The second-order valence-electron chi connectivity index (χ2n) is 0.855. The molecular formula is Mg2O10SV2. The molecule has 15 heavy (non-hydrogen) atoms. The van der Waals surface area contributed by atoms with Crippen molar-refractivity contribution < 1.29 is 71.1 Å². The Labute approximate surface area is 126 Å². The van der Waals surface area contributed by atoms with Crippen LogP contribution in [0.15, 0.2) is 0 Å². The van der Waals surface area contributed by atoms with E-state index in [-0.39, 0.29) is 46.1 Å². The van der Waals surface area contributed by atoms with E-state index >= 15 is 0 Å². The van der Waals surface area contributed by atoms with Gasteiger partial charge in [0.1, 0.15) is 0 Å². The summed E-state index contributed by atoms with van der Waals surface area (Å²) in [5.74, 6) is 0. The molecule has 0 aliphatic heterocycles. The summed E-state index contributed by atoms with van der Waals surface area (Å²) in [5, 5.41) is 0. The van der Waals surface area contributed by atoms with E-state index < -0.39 is 41.2 Å². The summed E-state index contributed by atoms with van der Waals surface area (Å²) in [5.41, 5.74) is 0. The molecule has 0 amide bonds. The number of hydrogen-bond acceptors (Lipinski definition) is 10. The summed E-state index contributed by atoms with van der Waals surface area (Å²) in [6.07, 6.45) is 0. The third-order valence-corrected chi connectivity index (χ3v) is 0. The molecule has 10 nitrogen and oxygen atoms in total. The van der Waals surface area contributed by atoms with Gasteiger partial charge in [-0.05, 0) is 0 Å². The Morgan fingerprint density at radius 1 is 0.733 bits per heavy atom. The van der Waals surface area contributed by atoms with Gasteiger partial charge in [-0.25, -0.2) is 0 Å². The molecule has 0 spiro atoms. The zero-order valence-electron chi connectivity index (χ0n) is 6.80. The predicted molar refractivity (Wildman–Crippen MR) is 24.7 cm³/mol. The Morgan fingerprint density at radius 3 is 0.733 bits per heavy atom. The summed E-state index contributed by atoms with van der Waals surface area (Å²) in [4.78, 5) is 0. The summed E-state index contributed by atoms with van der Waals surface area (Å²) in [6, 6.07) is 0. The first-order valence-corrected chi connectivity index (χ1v) is 6.52.